The molecule has 0 N–H and O–H groups in total. The van der Waals surface area contributed by atoms with E-state index in [4.69, 9.17) is 11.6 Å². The van der Waals surface area contributed by atoms with Gasteiger partial charge in [0.1, 0.15) is 10.0 Å². The third kappa shape index (κ3) is 6.03. The molecule has 120 valence electrons. The van der Waals surface area contributed by atoms with Gasteiger partial charge >= 0.3 is 29.6 Å². The van der Waals surface area contributed by atoms with Crippen molar-refractivity contribution in [2.24, 2.45) is 0 Å². The van der Waals surface area contributed by atoms with Crippen LogP contribution in [-0.2, 0) is 10.0 Å². The van der Waals surface area contributed by atoms with Gasteiger partial charge < -0.3 is 9.52 Å². The number of aryl methyl sites for hydroxylation is 2. The molecule has 0 radical (unpaired) electrons. The summed E-state index contributed by atoms with van der Waals surface area (Å²) in [6, 6.07) is 9.74. The molecule has 1 amide bonds. The number of aromatic nitrogens is 1. The number of sulfonamides is 1. The predicted octanol–water partition coefficient (Wildman–Crippen LogP) is 0.870. The van der Waals surface area contributed by atoms with Crippen LogP contribution in [-0.4, -0.2) is 19.3 Å². The fourth-order valence-electron chi connectivity index (χ4n) is 1.87. The summed E-state index contributed by atoms with van der Waals surface area (Å²) >= 11 is 5.81. The average Bonchev–Trinajstić information content (AvgIpc) is 2.44. The van der Waals surface area contributed by atoms with E-state index >= 15 is 0 Å². The second kappa shape index (κ2) is 8.78. The standard InChI is InChI=1S/C16H15ClN2O3S.Na/c1-11-10-13(17)6-7-15(11)16(20)19-23(21,22)9-8-14-5-3-4-12(2)18-14;/h3-10H,1-2H3,(H,19,20);/q;+1/p-1/b9-8+;. The van der Waals surface area contributed by atoms with Gasteiger partial charge in [0, 0.05) is 21.7 Å². The number of hydrogen-bond donors (Lipinski definition) is 0. The van der Waals surface area contributed by atoms with Crippen molar-refractivity contribution in [3.8, 4) is 0 Å². The minimum atomic E-state index is -4.04. The van der Waals surface area contributed by atoms with Crippen molar-refractivity contribution in [3.05, 3.63) is 74.1 Å². The van der Waals surface area contributed by atoms with Crippen molar-refractivity contribution in [2.75, 3.05) is 0 Å². The first kappa shape index (κ1) is 20.9. The molecule has 0 saturated heterocycles. The summed E-state index contributed by atoms with van der Waals surface area (Å²) in [5, 5.41) is 1.32. The molecule has 5 nitrogen and oxygen atoms in total. The Morgan fingerprint density at radius 1 is 1.21 bits per heavy atom. The summed E-state index contributed by atoms with van der Waals surface area (Å²) in [5.41, 5.74) is 1.99. The molecule has 2 aromatic rings. The van der Waals surface area contributed by atoms with Gasteiger partial charge in [-0.15, -0.1) is 0 Å². The van der Waals surface area contributed by atoms with Crippen LogP contribution < -0.4 is 29.6 Å². The molecule has 0 aliphatic heterocycles. The molecule has 0 unspecified atom stereocenters. The zero-order valence-corrected chi connectivity index (χ0v) is 17.1. The minimum absolute atomic E-state index is 0. The van der Waals surface area contributed by atoms with Crippen molar-refractivity contribution in [3.63, 3.8) is 0 Å². The van der Waals surface area contributed by atoms with Gasteiger partial charge in [-0.25, -0.2) is 8.42 Å². The number of benzene rings is 1. The number of carbonyl (C=O) groups is 1. The smallest absolute Gasteiger partial charge is 0.538 e. The molecule has 1 aromatic carbocycles. The topological polar surface area (TPSA) is 78.2 Å². The van der Waals surface area contributed by atoms with Crippen LogP contribution in [0.2, 0.25) is 5.02 Å². The minimum Gasteiger partial charge on any atom is -0.538 e. The summed E-state index contributed by atoms with van der Waals surface area (Å²) in [5.74, 6) is -0.832. The summed E-state index contributed by atoms with van der Waals surface area (Å²) in [6.45, 7) is 3.46. The maximum absolute atomic E-state index is 12.0. The summed E-state index contributed by atoms with van der Waals surface area (Å²) < 4.78 is 27.1. The van der Waals surface area contributed by atoms with Crippen molar-refractivity contribution in [1.82, 2.24) is 4.98 Å². The molecule has 0 bridgehead atoms. The number of halogens is 1. The van der Waals surface area contributed by atoms with E-state index in [1.165, 1.54) is 18.2 Å². The van der Waals surface area contributed by atoms with E-state index in [0.717, 1.165) is 11.1 Å². The fraction of sp³-hybridized carbons (Fsp3) is 0.125. The Labute approximate surface area is 168 Å². The maximum atomic E-state index is 12.0. The molecule has 0 fully saturated rings. The molecule has 8 heteroatoms. The van der Waals surface area contributed by atoms with Crippen molar-refractivity contribution >= 4 is 33.6 Å². The van der Waals surface area contributed by atoms with Crippen LogP contribution >= 0.6 is 11.6 Å². The molecule has 1 heterocycles. The van der Waals surface area contributed by atoms with E-state index in [1.54, 1.807) is 38.1 Å². The van der Waals surface area contributed by atoms with Gasteiger partial charge in [0.15, 0.2) is 0 Å². The number of amides is 1. The van der Waals surface area contributed by atoms with E-state index in [0.29, 0.717) is 16.3 Å². The summed E-state index contributed by atoms with van der Waals surface area (Å²) in [6.07, 6.45) is 1.30. The van der Waals surface area contributed by atoms with Gasteiger partial charge in [0.2, 0.25) is 0 Å². The van der Waals surface area contributed by atoms with Crippen LogP contribution in [0.25, 0.3) is 10.8 Å². The Morgan fingerprint density at radius 3 is 2.54 bits per heavy atom. The Hall–Kier alpha value is -1.18. The van der Waals surface area contributed by atoms with Crippen LogP contribution in [0.4, 0.5) is 0 Å². The van der Waals surface area contributed by atoms with Crippen LogP contribution in [0.3, 0.4) is 0 Å². The third-order valence-electron chi connectivity index (χ3n) is 2.95. The van der Waals surface area contributed by atoms with Crippen LogP contribution in [0, 0.1) is 13.8 Å². The zero-order chi connectivity index (χ0) is 17.0. The molecule has 1 aromatic heterocycles. The van der Waals surface area contributed by atoms with Gasteiger partial charge in [-0.05, 0) is 49.8 Å². The van der Waals surface area contributed by atoms with Gasteiger partial charge in [0.25, 0.3) is 0 Å². The Bertz CT molecular complexity index is 883. The number of nitrogens with zero attached hydrogens (tertiary/aromatic N) is 2. The van der Waals surface area contributed by atoms with Crippen LogP contribution in [0.5, 0.6) is 0 Å². The Morgan fingerprint density at radius 2 is 1.92 bits per heavy atom. The second-order valence-electron chi connectivity index (χ2n) is 4.88. The monoisotopic (exact) mass is 372 g/mol. The fourth-order valence-corrected chi connectivity index (χ4v) is 2.80. The first-order valence-electron chi connectivity index (χ1n) is 6.67. The molecule has 2 rings (SSSR count). The first-order chi connectivity index (χ1) is 10.8. The van der Waals surface area contributed by atoms with E-state index < -0.39 is 15.9 Å². The van der Waals surface area contributed by atoms with E-state index in [2.05, 4.69) is 9.71 Å². The first-order valence-corrected chi connectivity index (χ1v) is 8.55. The quantitative estimate of drug-likeness (QED) is 0.746. The van der Waals surface area contributed by atoms with Gasteiger partial charge in [-0.1, -0.05) is 23.7 Å². The average molecular weight is 373 g/mol. The molecule has 0 atom stereocenters. The van der Waals surface area contributed by atoms with Crippen molar-refractivity contribution in [1.29, 1.82) is 0 Å². The second-order valence-corrected chi connectivity index (χ2v) is 6.80. The number of rotatable bonds is 4. The third-order valence-corrected chi connectivity index (χ3v) is 4.09. The summed E-state index contributed by atoms with van der Waals surface area (Å²) in [4.78, 5) is 16.2. The van der Waals surface area contributed by atoms with Crippen molar-refractivity contribution in [2.45, 2.75) is 13.8 Å². The molecule has 0 aliphatic carbocycles. The van der Waals surface area contributed by atoms with Gasteiger partial charge in [-0.2, -0.15) is 0 Å². The van der Waals surface area contributed by atoms with E-state index in [-0.39, 0.29) is 35.1 Å². The predicted molar refractivity (Wildman–Crippen MR) is 90.8 cm³/mol. The normalized spacial score (nSPS) is 11.1. The molecule has 0 aliphatic rings. The van der Waals surface area contributed by atoms with E-state index in [1.807, 2.05) is 0 Å². The molecule has 24 heavy (non-hydrogen) atoms. The van der Waals surface area contributed by atoms with Gasteiger partial charge in [0.05, 0.1) is 11.6 Å². The molecule has 0 saturated carbocycles. The van der Waals surface area contributed by atoms with Crippen LogP contribution in [0.1, 0.15) is 27.3 Å². The largest absolute Gasteiger partial charge is 1.00 e. The maximum Gasteiger partial charge on any atom is 1.00 e. The molecule has 0 spiro atoms. The van der Waals surface area contributed by atoms with Crippen molar-refractivity contribution < 1.29 is 42.8 Å². The number of pyridine rings is 1. The van der Waals surface area contributed by atoms with Crippen LogP contribution in [0.15, 0.2) is 41.8 Å². The Balaban J connectivity index is 0.00000288. The Kier molecular flexibility index (Phi) is 7.63. The number of carbonyl (C=O) groups excluding carboxylic acids is 1. The molecular formula is C16H14ClN2NaO3S. The SMILES string of the molecule is Cc1cccc(/C=C/S(=O)(=O)[N-]C(=O)c2ccc(Cl)cc2C)n1.[Na+]. The molecular weight excluding hydrogens is 359 g/mol. The van der Waals surface area contributed by atoms with E-state index in [9.17, 15) is 13.2 Å². The summed E-state index contributed by atoms with van der Waals surface area (Å²) in [7, 11) is -4.04. The zero-order valence-electron chi connectivity index (χ0n) is 13.5. The van der Waals surface area contributed by atoms with Gasteiger partial charge in [-0.3, -0.25) is 4.98 Å². The number of hydrogen-bond acceptors (Lipinski definition) is 4.